The van der Waals surface area contributed by atoms with Crippen molar-refractivity contribution in [1.82, 2.24) is 19.7 Å². The van der Waals surface area contributed by atoms with Crippen LogP contribution in [0.3, 0.4) is 0 Å². The molecular weight excluding hydrogens is 224 g/mol. The molecule has 16 heavy (non-hydrogen) atoms. The molecule has 0 radical (unpaired) electrons. The quantitative estimate of drug-likeness (QED) is 0.641. The molecule has 0 aliphatic heterocycles. The van der Waals surface area contributed by atoms with E-state index in [2.05, 4.69) is 22.0 Å². The van der Waals surface area contributed by atoms with Crippen molar-refractivity contribution in [3.05, 3.63) is 12.5 Å². The predicted octanol–water partition coefficient (Wildman–Crippen LogP) is 1.23. The third kappa shape index (κ3) is 2.17. The van der Waals surface area contributed by atoms with E-state index in [-0.39, 0.29) is 6.61 Å². The van der Waals surface area contributed by atoms with E-state index in [4.69, 9.17) is 5.11 Å². The van der Waals surface area contributed by atoms with Gasteiger partial charge in [-0.3, -0.25) is 4.68 Å². The van der Waals surface area contributed by atoms with Crippen LogP contribution in [0.2, 0.25) is 0 Å². The fourth-order valence-corrected chi connectivity index (χ4v) is 2.45. The summed E-state index contributed by atoms with van der Waals surface area (Å²) in [6, 6.07) is 0. The summed E-state index contributed by atoms with van der Waals surface area (Å²) >= 11 is 1.65. The summed E-state index contributed by atoms with van der Waals surface area (Å²) in [5.74, 6) is 0. The normalized spacial score (nSPS) is 13.2. The summed E-state index contributed by atoms with van der Waals surface area (Å²) in [7, 11) is 1.86. The zero-order valence-electron chi connectivity index (χ0n) is 9.29. The standard InChI is InChI=1S/C10H14N4OS/c1-7(3-4-15)16-10-8-5-13-14(2)9(8)11-6-12-10/h5-7,15H,3-4H2,1-2H3. The first-order chi connectivity index (χ1) is 7.72. The van der Waals surface area contributed by atoms with Crippen LogP contribution in [0, 0.1) is 0 Å². The second kappa shape index (κ2) is 4.80. The summed E-state index contributed by atoms with van der Waals surface area (Å²) in [6.07, 6.45) is 4.10. The summed E-state index contributed by atoms with van der Waals surface area (Å²) < 4.78 is 1.73. The average molecular weight is 238 g/mol. The molecule has 5 nitrogen and oxygen atoms in total. The molecule has 1 N–H and O–H groups in total. The van der Waals surface area contributed by atoms with Crippen LogP contribution < -0.4 is 0 Å². The van der Waals surface area contributed by atoms with Crippen LogP contribution in [-0.4, -0.2) is 36.7 Å². The number of aromatic nitrogens is 4. The number of aliphatic hydroxyl groups excluding tert-OH is 1. The zero-order chi connectivity index (χ0) is 11.5. The molecule has 1 unspecified atom stereocenters. The van der Waals surface area contributed by atoms with Crippen molar-refractivity contribution in [2.45, 2.75) is 23.6 Å². The fraction of sp³-hybridized carbons (Fsp3) is 0.500. The van der Waals surface area contributed by atoms with E-state index < -0.39 is 0 Å². The highest BCUT2D eigenvalue weighted by Gasteiger charge is 2.11. The molecule has 2 rings (SSSR count). The molecule has 86 valence electrons. The van der Waals surface area contributed by atoms with Gasteiger partial charge in [0.15, 0.2) is 5.65 Å². The Kier molecular flexibility index (Phi) is 3.40. The Morgan fingerprint density at radius 3 is 3.06 bits per heavy atom. The Bertz CT molecular complexity index is 485. The van der Waals surface area contributed by atoms with Crippen LogP contribution in [0.15, 0.2) is 17.6 Å². The molecule has 0 saturated heterocycles. The van der Waals surface area contributed by atoms with E-state index in [1.165, 1.54) is 0 Å². The molecule has 2 aromatic heterocycles. The molecule has 0 aliphatic carbocycles. The zero-order valence-corrected chi connectivity index (χ0v) is 10.1. The molecule has 2 heterocycles. The fourth-order valence-electron chi connectivity index (χ4n) is 1.47. The van der Waals surface area contributed by atoms with Crippen LogP contribution >= 0.6 is 11.8 Å². The second-order valence-electron chi connectivity index (χ2n) is 3.63. The molecule has 0 aliphatic rings. The first-order valence-corrected chi connectivity index (χ1v) is 6.00. The molecule has 0 amide bonds. The van der Waals surface area contributed by atoms with Crippen molar-refractivity contribution in [2.24, 2.45) is 7.05 Å². The first kappa shape index (κ1) is 11.3. The lowest BCUT2D eigenvalue weighted by Crippen LogP contribution is -2.00. The molecule has 0 spiro atoms. The Balaban J connectivity index is 2.30. The average Bonchev–Trinajstić information content (AvgIpc) is 2.62. The minimum atomic E-state index is 0.204. The van der Waals surface area contributed by atoms with E-state index in [1.807, 2.05) is 7.05 Å². The van der Waals surface area contributed by atoms with Crippen molar-refractivity contribution < 1.29 is 5.11 Å². The van der Waals surface area contributed by atoms with Gasteiger partial charge in [-0.05, 0) is 6.42 Å². The molecule has 2 aromatic rings. The van der Waals surface area contributed by atoms with Crippen LogP contribution in [0.1, 0.15) is 13.3 Å². The summed E-state index contributed by atoms with van der Waals surface area (Å²) in [5.41, 5.74) is 0.841. The largest absolute Gasteiger partial charge is 0.396 e. The maximum atomic E-state index is 8.87. The monoisotopic (exact) mass is 238 g/mol. The van der Waals surface area contributed by atoms with Gasteiger partial charge in [0, 0.05) is 18.9 Å². The lowest BCUT2D eigenvalue weighted by atomic mass is 10.3. The van der Waals surface area contributed by atoms with E-state index >= 15 is 0 Å². The summed E-state index contributed by atoms with van der Waals surface area (Å²) in [4.78, 5) is 8.44. The Labute approximate surface area is 97.9 Å². The number of fused-ring (bicyclic) bond motifs is 1. The van der Waals surface area contributed by atoms with E-state index in [0.717, 1.165) is 22.5 Å². The highest BCUT2D eigenvalue weighted by atomic mass is 32.2. The predicted molar refractivity (Wildman–Crippen MR) is 63.3 cm³/mol. The van der Waals surface area contributed by atoms with Gasteiger partial charge in [-0.2, -0.15) is 5.10 Å². The third-order valence-electron chi connectivity index (χ3n) is 2.34. The topological polar surface area (TPSA) is 63.8 Å². The van der Waals surface area contributed by atoms with Crippen LogP contribution in [0.25, 0.3) is 11.0 Å². The van der Waals surface area contributed by atoms with Gasteiger partial charge in [0.2, 0.25) is 0 Å². The summed E-state index contributed by atoms with van der Waals surface area (Å²) in [6.45, 7) is 2.28. The van der Waals surface area contributed by atoms with Crippen molar-refractivity contribution in [1.29, 1.82) is 0 Å². The van der Waals surface area contributed by atoms with Gasteiger partial charge in [-0.1, -0.05) is 6.92 Å². The van der Waals surface area contributed by atoms with Crippen molar-refractivity contribution in [2.75, 3.05) is 6.61 Å². The van der Waals surface area contributed by atoms with Gasteiger partial charge < -0.3 is 5.11 Å². The maximum absolute atomic E-state index is 8.87. The highest BCUT2D eigenvalue weighted by Crippen LogP contribution is 2.28. The molecule has 6 heteroatoms. The summed E-state index contributed by atoms with van der Waals surface area (Å²) in [5, 5.41) is 15.3. The van der Waals surface area contributed by atoms with Gasteiger partial charge >= 0.3 is 0 Å². The van der Waals surface area contributed by atoms with E-state index in [0.29, 0.717) is 5.25 Å². The molecular formula is C10H14N4OS. The number of aryl methyl sites for hydroxylation is 1. The van der Waals surface area contributed by atoms with E-state index in [9.17, 15) is 0 Å². The smallest absolute Gasteiger partial charge is 0.162 e. The molecule has 1 atom stereocenters. The second-order valence-corrected chi connectivity index (χ2v) is 5.05. The molecule has 0 bridgehead atoms. The van der Waals surface area contributed by atoms with Crippen LogP contribution in [0.5, 0.6) is 0 Å². The van der Waals surface area contributed by atoms with Crippen molar-refractivity contribution in [3.63, 3.8) is 0 Å². The first-order valence-electron chi connectivity index (χ1n) is 5.12. The van der Waals surface area contributed by atoms with Gasteiger partial charge in [-0.25, -0.2) is 9.97 Å². The molecule has 0 aromatic carbocycles. The Morgan fingerprint density at radius 1 is 1.50 bits per heavy atom. The van der Waals surface area contributed by atoms with Crippen LogP contribution in [0.4, 0.5) is 0 Å². The van der Waals surface area contributed by atoms with Crippen molar-refractivity contribution in [3.8, 4) is 0 Å². The lowest BCUT2D eigenvalue weighted by Gasteiger charge is -2.08. The number of nitrogens with zero attached hydrogens (tertiary/aromatic N) is 4. The van der Waals surface area contributed by atoms with Crippen molar-refractivity contribution >= 4 is 22.8 Å². The molecule has 0 saturated carbocycles. The van der Waals surface area contributed by atoms with Gasteiger partial charge in [0.1, 0.15) is 11.4 Å². The lowest BCUT2D eigenvalue weighted by molar-refractivity contribution is 0.289. The molecule has 0 fully saturated rings. The van der Waals surface area contributed by atoms with Gasteiger partial charge in [0.25, 0.3) is 0 Å². The SMILES string of the molecule is CC(CCO)Sc1ncnc2c1cnn2C. The number of thioether (sulfide) groups is 1. The number of hydrogen-bond acceptors (Lipinski definition) is 5. The van der Waals surface area contributed by atoms with Crippen LogP contribution in [-0.2, 0) is 7.05 Å². The third-order valence-corrected chi connectivity index (χ3v) is 3.53. The number of aliphatic hydroxyl groups is 1. The highest BCUT2D eigenvalue weighted by molar-refractivity contribution is 8.00. The maximum Gasteiger partial charge on any atom is 0.162 e. The Morgan fingerprint density at radius 2 is 2.31 bits per heavy atom. The van der Waals surface area contributed by atoms with E-state index in [1.54, 1.807) is 29.0 Å². The van der Waals surface area contributed by atoms with Gasteiger partial charge in [-0.15, -0.1) is 11.8 Å². The number of hydrogen-bond donors (Lipinski definition) is 1. The number of rotatable bonds is 4. The Hall–Kier alpha value is -1.14. The minimum Gasteiger partial charge on any atom is -0.396 e. The van der Waals surface area contributed by atoms with Gasteiger partial charge in [0.05, 0.1) is 11.6 Å². The minimum absolute atomic E-state index is 0.204.